The molecule has 0 fully saturated rings. The van der Waals surface area contributed by atoms with Crippen LogP contribution < -0.4 is 0 Å². The lowest BCUT2D eigenvalue weighted by molar-refractivity contribution is 0.215. The van der Waals surface area contributed by atoms with Crippen molar-refractivity contribution in [1.29, 1.82) is 0 Å². The van der Waals surface area contributed by atoms with Gasteiger partial charge in [-0.1, -0.05) is 44.2 Å². The molecule has 2 nitrogen and oxygen atoms in total. The molecule has 15 heavy (non-hydrogen) atoms. The van der Waals surface area contributed by atoms with E-state index in [9.17, 15) is 0 Å². The summed E-state index contributed by atoms with van der Waals surface area (Å²) in [6.07, 6.45) is 1.22. The van der Waals surface area contributed by atoms with Gasteiger partial charge in [0.05, 0.1) is 6.54 Å². The molecule has 1 heterocycles. The first-order valence-electron chi connectivity index (χ1n) is 5.57. The van der Waals surface area contributed by atoms with Crippen LogP contribution in [0.25, 0.3) is 0 Å². The van der Waals surface area contributed by atoms with Gasteiger partial charge in [0.1, 0.15) is 6.10 Å². The Morgan fingerprint density at radius 1 is 1.40 bits per heavy atom. The van der Waals surface area contributed by atoms with Crippen molar-refractivity contribution >= 4 is 5.90 Å². The third-order valence-corrected chi connectivity index (χ3v) is 2.88. The van der Waals surface area contributed by atoms with Crippen molar-refractivity contribution in [3.05, 3.63) is 35.9 Å². The van der Waals surface area contributed by atoms with Gasteiger partial charge in [-0.05, 0) is 12.0 Å². The van der Waals surface area contributed by atoms with Crippen LogP contribution in [0.3, 0.4) is 0 Å². The highest BCUT2D eigenvalue weighted by molar-refractivity contribution is 5.80. The van der Waals surface area contributed by atoms with Gasteiger partial charge in [0.15, 0.2) is 5.90 Å². The van der Waals surface area contributed by atoms with E-state index in [-0.39, 0.29) is 6.10 Å². The molecule has 2 unspecified atom stereocenters. The molecule has 1 aromatic rings. The number of hydrogen-bond acceptors (Lipinski definition) is 2. The molecule has 0 aliphatic carbocycles. The summed E-state index contributed by atoms with van der Waals surface area (Å²) in [5, 5.41) is 0. The lowest BCUT2D eigenvalue weighted by Gasteiger charge is -2.14. The number of nitrogens with zero attached hydrogens (tertiary/aromatic N) is 1. The van der Waals surface area contributed by atoms with Crippen molar-refractivity contribution in [2.24, 2.45) is 10.9 Å². The van der Waals surface area contributed by atoms with Crippen molar-refractivity contribution in [3.8, 4) is 0 Å². The molecule has 2 heteroatoms. The Bertz CT molecular complexity index is 345. The van der Waals surface area contributed by atoms with E-state index in [0.29, 0.717) is 5.92 Å². The minimum atomic E-state index is 0.134. The summed E-state index contributed by atoms with van der Waals surface area (Å²) in [6, 6.07) is 10.3. The Morgan fingerprint density at radius 3 is 2.80 bits per heavy atom. The molecule has 1 aliphatic rings. The van der Waals surface area contributed by atoms with Crippen LogP contribution >= 0.6 is 0 Å². The maximum absolute atomic E-state index is 5.85. The zero-order chi connectivity index (χ0) is 10.7. The number of ether oxygens (including phenoxy) is 1. The zero-order valence-electron chi connectivity index (χ0n) is 9.31. The molecular weight excluding hydrogens is 186 g/mol. The predicted octanol–water partition coefficient (Wildman–Crippen LogP) is 3.20. The summed E-state index contributed by atoms with van der Waals surface area (Å²) in [6.45, 7) is 5.09. The molecule has 0 bridgehead atoms. The summed E-state index contributed by atoms with van der Waals surface area (Å²) in [5.41, 5.74) is 1.22. The van der Waals surface area contributed by atoms with Crippen LogP contribution in [0.15, 0.2) is 35.3 Å². The van der Waals surface area contributed by atoms with Gasteiger partial charge < -0.3 is 4.74 Å². The Morgan fingerprint density at radius 2 is 2.13 bits per heavy atom. The summed E-state index contributed by atoms with van der Waals surface area (Å²) in [4.78, 5) is 4.46. The molecule has 0 amide bonds. The molecule has 80 valence electrons. The Labute approximate surface area is 91.0 Å². The highest BCUT2D eigenvalue weighted by Gasteiger charge is 2.23. The van der Waals surface area contributed by atoms with Gasteiger partial charge in [0.25, 0.3) is 0 Å². The third-order valence-electron chi connectivity index (χ3n) is 2.88. The van der Waals surface area contributed by atoms with E-state index >= 15 is 0 Å². The quantitative estimate of drug-likeness (QED) is 0.739. The molecular formula is C13H17NO. The molecule has 0 radical (unpaired) electrons. The third kappa shape index (κ3) is 2.20. The Hall–Kier alpha value is -1.31. The lowest BCUT2D eigenvalue weighted by atomic mass is 10.1. The van der Waals surface area contributed by atoms with Crippen LogP contribution in [0.2, 0.25) is 0 Å². The maximum Gasteiger partial charge on any atom is 0.187 e. The minimum Gasteiger partial charge on any atom is -0.471 e. The average Bonchev–Trinajstić information content (AvgIpc) is 2.78. The fourth-order valence-corrected chi connectivity index (χ4v) is 1.68. The minimum absolute atomic E-state index is 0.134. The highest BCUT2D eigenvalue weighted by atomic mass is 16.5. The first kappa shape index (κ1) is 10.2. The SMILES string of the molecule is CCC(C)C1=NCC(c2ccccc2)O1. The molecule has 0 aromatic heterocycles. The number of benzene rings is 1. The van der Waals surface area contributed by atoms with Gasteiger partial charge in [-0.2, -0.15) is 0 Å². The van der Waals surface area contributed by atoms with Crippen LogP contribution in [0.5, 0.6) is 0 Å². The smallest absolute Gasteiger partial charge is 0.187 e. The van der Waals surface area contributed by atoms with E-state index in [0.717, 1.165) is 18.9 Å². The number of aliphatic imine (C=N–C) groups is 1. The molecule has 2 atom stereocenters. The molecule has 1 aromatic carbocycles. The van der Waals surface area contributed by atoms with E-state index in [1.165, 1.54) is 5.56 Å². The molecule has 0 N–H and O–H groups in total. The lowest BCUT2D eigenvalue weighted by Crippen LogP contribution is -2.12. The molecule has 0 spiro atoms. The molecule has 2 rings (SSSR count). The molecule has 1 aliphatic heterocycles. The van der Waals surface area contributed by atoms with E-state index in [4.69, 9.17) is 4.74 Å². The van der Waals surface area contributed by atoms with Crippen LogP contribution in [0.1, 0.15) is 31.9 Å². The standard InChI is InChI=1S/C13H17NO/c1-3-10(2)13-14-9-12(15-13)11-7-5-4-6-8-11/h4-8,10,12H,3,9H2,1-2H3. The second-order valence-electron chi connectivity index (χ2n) is 4.01. The van der Waals surface area contributed by atoms with Crippen LogP contribution in [0.4, 0.5) is 0 Å². The molecule has 0 saturated carbocycles. The summed E-state index contributed by atoms with van der Waals surface area (Å²) in [5.74, 6) is 1.37. The van der Waals surface area contributed by atoms with Gasteiger partial charge in [0.2, 0.25) is 0 Å². The number of hydrogen-bond donors (Lipinski definition) is 0. The van der Waals surface area contributed by atoms with Crippen molar-refractivity contribution in [3.63, 3.8) is 0 Å². The van der Waals surface area contributed by atoms with Crippen molar-refractivity contribution < 1.29 is 4.74 Å². The van der Waals surface area contributed by atoms with Gasteiger partial charge in [-0.15, -0.1) is 0 Å². The zero-order valence-corrected chi connectivity index (χ0v) is 9.31. The largest absolute Gasteiger partial charge is 0.471 e. The van der Waals surface area contributed by atoms with E-state index < -0.39 is 0 Å². The highest BCUT2D eigenvalue weighted by Crippen LogP contribution is 2.25. The van der Waals surface area contributed by atoms with Gasteiger partial charge in [-0.3, -0.25) is 4.99 Å². The van der Waals surface area contributed by atoms with E-state index in [1.54, 1.807) is 0 Å². The summed E-state index contributed by atoms with van der Waals surface area (Å²) in [7, 11) is 0. The second kappa shape index (κ2) is 4.47. The second-order valence-corrected chi connectivity index (χ2v) is 4.01. The van der Waals surface area contributed by atoms with Crippen molar-refractivity contribution in [2.45, 2.75) is 26.4 Å². The Kier molecular flexibility index (Phi) is 3.05. The van der Waals surface area contributed by atoms with Crippen molar-refractivity contribution in [1.82, 2.24) is 0 Å². The first-order chi connectivity index (χ1) is 7.31. The number of rotatable bonds is 3. The van der Waals surface area contributed by atoms with Crippen LogP contribution in [-0.2, 0) is 4.74 Å². The maximum atomic E-state index is 5.85. The van der Waals surface area contributed by atoms with Crippen molar-refractivity contribution in [2.75, 3.05) is 6.54 Å². The van der Waals surface area contributed by atoms with Gasteiger partial charge in [0, 0.05) is 5.92 Å². The van der Waals surface area contributed by atoms with Crippen LogP contribution in [-0.4, -0.2) is 12.4 Å². The normalized spacial score (nSPS) is 22.0. The van der Waals surface area contributed by atoms with E-state index in [1.807, 2.05) is 18.2 Å². The summed E-state index contributed by atoms with van der Waals surface area (Å²) < 4.78 is 5.85. The monoisotopic (exact) mass is 203 g/mol. The average molecular weight is 203 g/mol. The summed E-state index contributed by atoms with van der Waals surface area (Å²) >= 11 is 0. The van der Waals surface area contributed by atoms with E-state index in [2.05, 4.69) is 31.0 Å². The van der Waals surface area contributed by atoms with Gasteiger partial charge in [-0.25, -0.2) is 0 Å². The molecule has 0 saturated heterocycles. The van der Waals surface area contributed by atoms with Crippen LogP contribution in [0, 0.1) is 5.92 Å². The first-order valence-corrected chi connectivity index (χ1v) is 5.57. The Balaban J connectivity index is 2.02. The fourth-order valence-electron chi connectivity index (χ4n) is 1.68. The predicted molar refractivity (Wildman–Crippen MR) is 62.0 cm³/mol. The fraction of sp³-hybridized carbons (Fsp3) is 0.462. The van der Waals surface area contributed by atoms with Gasteiger partial charge >= 0.3 is 0 Å². The topological polar surface area (TPSA) is 21.6 Å².